The standard InChI is InChI=1S/C46H55N13O3/c1-55(18-19-56(2)40-24-41(60-4)38(23-36(40)47)53-46-48-16-14-37(52-46)35-29-57(3)39-11-6-5-10-34(35)39)20-22-62-44-13-12-31(27-50-44)26-49-42-25-43-54-45-32(28-51-59(42)45)30-61-21-15-33-9-7-8-17-58(33)43/h5-6,10-14,16,23-25,27-29,33,49H,7-9,15,17-22,26,30,47H2,1-4H3,(H,48,52,53). The molecule has 9 rings (SSSR count). The summed E-state index contributed by atoms with van der Waals surface area (Å²) in [6.07, 6.45) is 12.2. The normalized spacial score (nSPS) is 15.2. The van der Waals surface area contributed by atoms with Crippen LogP contribution >= 0.6 is 0 Å². The summed E-state index contributed by atoms with van der Waals surface area (Å²) in [5, 5.41) is 12.7. The van der Waals surface area contributed by atoms with E-state index in [4.69, 9.17) is 29.9 Å². The van der Waals surface area contributed by atoms with Gasteiger partial charge in [-0.15, -0.1) is 0 Å². The van der Waals surface area contributed by atoms with E-state index in [0.717, 1.165) is 95.5 Å². The number of methoxy groups -OCH3 is 1. The number of fused-ring (bicyclic) bond motifs is 4. The van der Waals surface area contributed by atoms with Gasteiger partial charge in [-0.25, -0.2) is 19.9 Å². The number of anilines is 6. The van der Waals surface area contributed by atoms with Gasteiger partial charge in [0.25, 0.3) is 0 Å². The lowest BCUT2D eigenvalue weighted by atomic mass is 9.99. The second-order valence-corrected chi connectivity index (χ2v) is 16.2. The summed E-state index contributed by atoms with van der Waals surface area (Å²) in [6.45, 7) is 5.63. The first-order valence-electron chi connectivity index (χ1n) is 21.4. The van der Waals surface area contributed by atoms with Crippen molar-refractivity contribution in [2.45, 2.75) is 44.9 Å². The van der Waals surface area contributed by atoms with Gasteiger partial charge in [-0.3, -0.25) is 0 Å². The summed E-state index contributed by atoms with van der Waals surface area (Å²) in [6, 6.07) is 20.6. The predicted molar refractivity (Wildman–Crippen MR) is 245 cm³/mol. The number of nitrogen functional groups attached to an aromatic ring is 1. The number of aromatic nitrogens is 7. The third kappa shape index (κ3) is 8.74. The predicted octanol–water partition coefficient (Wildman–Crippen LogP) is 6.75. The van der Waals surface area contributed by atoms with E-state index in [9.17, 15) is 0 Å². The molecule has 0 amide bonds. The Morgan fingerprint density at radius 2 is 1.87 bits per heavy atom. The Balaban J connectivity index is 0.761. The van der Waals surface area contributed by atoms with Crippen LogP contribution in [0.15, 0.2) is 85.5 Å². The maximum Gasteiger partial charge on any atom is 0.227 e. The van der Waals surface area contributed by atoms with E-state index in [2.05, 4.69) is 76.4 Å². The number of hydrogen-bond donors (Lipinski definition) is 3. The summed E-state index contributed by atoms with van der Waals surface area (Å²) in [5.41, 5.74) is 14.7. The van der Waals surface area contributed by atoms with Crippen LogP contribution in [0.3, 0.4) is 0 Å². The Bertz CT molecular complexity index is 2650. The fraction of sp³-hybridized carbons (Fsp3) is 0.370. The highest BCUT2D eigenvalue weighted by Gasteiger charge is 2.26. The largest absolute Gasteiger partial charge is 0.494 e. The molecule has 16 nitrogen and oxygen atoms in total. The second kappa shape index (κ2) is 18.1. The maximum atomic E-state index is 6.63. The molecule has 2 aromatic carbocycles. The van der Waals surface area contributed by atoms with Crippen molar-refractivity contribution in [1.29, 1.82) is 0 Å². The summed E-state index contributed by atoms with van der Waals surface area (Å²) in [5.74, 6) is 3.59. The summed E-state index contributed by atoms with van der Waals surface area (Å²) in [4.78, 5) is 25.8. The number of ether oxygens (including phenoxy) is 3. The third-order valence-corrected chi connectivity index (χ3v) is 12.0. The van der Waals surface area contributed by atoms with Crippen LogP contribution in [0, 0.1) is 0 Å². The van der Waals surface area contributed by atoms with E-state index < -0.39 is 0 Å². The SMILES string of the molecule is COc1cc(N(C)CCN(C)CCOc2ccc(CNc3cc4nc5c(cnn35)COCCC3CCCCN43)cn2)c(N)cc1Nc1nccc(-c2cn(C)c3ccccc23)n1. The topological polar surface area (TPSA) is 161 Å². The van der Waals surface area contributed by atoms with Gasteiger partial charge in [-0.2, -0.15) is 9.61 Å². The molecule has 2 aliphatic heterocycles. The van der Waals surface area contributed by atoms with Crippen molar-refractivity contribution < 1.29 is 14.2 Å². The van der Waals surface area contributed by atoms with Crippen LogP contribution < -0.4 is 35.6 Å². The number of aryl methyl sites for hydroxylation is 1. The van der Waals surface area contributed by atoms with Crippen molar-refractivity contribution in [1.82, 2.24) is 39.0 Å². The Kier molecular flexibility index (Phi) is 11.9. The Hall–Kier alpha value is -6.65. The first-order valence-corrected chi connectivity index (χ1v) is 21.4. The minimum atomic E-state index is 0.444. The van der Waals surface area contributed by atoms with Gasteiger partial charge in [-0.1, -0.05) is 24.3 Å². The first-order chi connectivity index (χ1) is 30.3. The zero-order valence-electron chi connectivity index (χ0n) is 35.9. The molecule has 62 heavy (non-hydrogen) atoms. The summed E-state index contributed by atoms with van der Waals surface area (Å²) >= 11 is 0. The lowest BCUT2D eigenvalue weighted by molar-refractivity contribution is 0.111. The molecule has 1 atom stereocenters. The molecular weight excluding hydrogens is 783 g/mol. The number of pyridine rings is 1. The molecule has 4 N–H and O–H groups in total. The fourth-order valence-corrected chi connectivity index (χ4v) is 8.44. The van der Waals surface area contributed by atoms with Crippen molar-refractivity contribution >= 4 is 51.2 Å². The summed E-state index contributed by atoms with van der Waals surface area (Å²) in [7, 11) is 7.80. The van der Waals surface area contributed by atoms with E-state index in [-0.39, 0.29) is 0 Å². The van der Waals surface area contributed by atoms with Gasteiger partial charge in [0.05, 0.1) is 42.7 Å². The molecule has 2 bridgehead atoms. The summed E-state index contributed by atoms with van der Waals surface area (Å²) < 4.78 is 21.9. The van der Waals surface area contributed by atoms with Crippen molar-refractivity contribution in [3.8, 4) is 22.9 Å². The van der Waals surface area contributed by atoms with Crippen LogP contribution in [0.2, 0.25) is 0 Å². The fourth-order valence-electron chi connectivity index (χ4n) is 8.44. The van der Waals surface area contributed by atoms with Gasteiger partial charge in [0, 0.05) is 118 Å². The number of hydrogen-bond acceptors (Lipinski definition) is 14. The van der Waals surface area contributed by atoms with Crippen molar-refractivity contribution in [2.24, 2.45) is 7.05 Å². The zero-order valence-corrected chi connectivity index (χ0v) is 35.9. The molecule has 7 aromatic rings. The number of benzene rings is 2. The number of nitrogens with zero attached hydrogens (tertiary/aromatic N) is 10. The van der Waals surface area contributed by atoms with Crippen molar-refractivity contribution in [2.75, 3.05) is 86.8 Å². The van der Waals surface area contributed by atoms with Crippen LogP contribution in [0.1, 0.15) is 36.8 Å². The quantitative estimate of drug-likeness (QED) is 0.0931. The van der Waals surface area contributed by atoms with Gasteiger partial charge < -0.3 is 49.8 Å². The monoisotopic (exact) mass is 837 g/mol. The lowest BCUT2D eigenvalue weighted by Gasteiger charge is -2.37. The number of piperidine rings is 1. The number of para-hydroxylation sites is 1. The molecule has 1 saturated heterocycles. The number of nitrogens with one attached hydrogen (secondary N) is 2. The Morgan fingerprint density at radius 3 is 2.74 bits per heavy atom. The highest BCUT2D eigenvalue weighted by molar-refractivity contribution is 5.95. The molecule has 1 unspecified atom stereocenters. The molecule has 0 aliphatic carbocycles. The molecule has 1 fully saturated rings. The van der Waals surface area contributed by atoms with Crippen molar-refractivity contribution in [3.05, 3.63) is 96.6 Å². The maximum absolute atomic E-state index is 6.63. The molecule has 322 valence electrons. The zero-order chi connectivity index (χ0) is 42.6. The smallest absolute Gasteiger partial charge is 0.227 e. The van der Waals surface area contributed by atoms with Gasteiger partial charge in [0.15, 0.2) is 5.65 Å². The first kappa shape index (κ1) is 40.7. The number of rotatable bonds is 15. The van der Waals surface area contributed by atoms with Gasteiger partial charge in [0.2, 0.25) is 11.8 Å². The van der Waals surface area contributed by atoms with E-state index in [1.807, 2.05) is 73.5 Å². The van der Waals surface area contributed by atoms with Gasteiger partial charge in [-0.05, 0) is 56.5 Å². The Morgan fingerprint density at radius 1 is 0.968 bits per heavy atom. The van der Waals surface area contributed by atoms with Gasteiger partial charge in [0.1, 0.15) is 24.0 Å². The molecular formula is C46H55N13O3. The highest BCUT2D eigenvalue weighted by Crippen LogP contribution is 2.37. The molecule has 2 aliphatic rings. The molecule has 0 saturated carbocycles. The van der Waals surface area contributed by atoms with Crippen molar-refractivity contribution in [3.63, 3.8) is 0 Å². The van der Waals surface area contributed by atoms with E-state index >= 15 is 0 Å². The molecule has 7 heterocycles. The van der Waals surface area contributed by atoms with Gasteiger partial charge >= 0.3 is 0 Å². The third-order valence-electron chi connectivity index (χ3n) is 12.0. The van der Waals surface area contributed by atoms with E-state index in [1.165, 1.54) is 19.3 Å². The Labute approximate surface area is 361 Å². The second-order valence-electron chi connectivity index (χ2n) is 16.2. The van der Waals surface area contributed by atoms with Crippen LogP contribution in [-0.4, -0.2) is 106 Å². The number of nitrogens with two attached hydrogens (primary N) is 1. The molecule has 0 spiro atoms. The molecule has 5 aromatic heterocycles. The molecule has 16 heteroatoms. The van der Waals surface area contributed by atoms with E-state index in [0.29, 0.717) is 54.8 Å². The number of likely N-dealkylation sites (N-methyl/N-ethyl adjacent to an activating group) is 2. The van der Waals surface area contributed by atoms with Crippen LogP contribution in [0.4, 0.5) is 34.6 Å². The highest BCUT2D eigenvalue weighted by atomic mass is 16.5. The average molecular weight is 838 g/mol. The van der Waals surface area contributed by atoms with Crippen LogP contribution in [0.5, 0.6) is 11.6 Å². The minimum Gasteiger partial charge on any atom is -0.494 e. The van der Waals surface area contributed by atoms with E-state index in [1.54, 1.807) is 13.3 Å². The molecule has 0 radical (unpaired) electrons. The average Bonchev–Trinajstić information content (AvgIpc) is 3.87. The lowest BCUT2D eigenvalue weighted by Crippen LogP contribution is -2.41. The van der Waals surface area contributed by atoms with Crippen LogP contribution in [0.25, 0.3) is 27.8 Å². The minimum absolute atomic E-state index is 0.444. The van der Waals surface area contributed by atoms with Crippen LogP contribution in [-0.2, 0) is 24.9 Å².